The molecule has 6 nitrogen and oxygen atoms in total. The predicted molar refractivity (Wildman–Crippen MR) is 111 cm³/mol. The fraction of sp³-hybridized carbons (Fsp3) is 0.174. The van der Waals surface area contributed by atoms with Crippen LogP contribution < -0.4 is 10.6 Å². The smallest absolute Gasteiger partial charge is 0.324 e. The van der Waals surface area contributed by atoms with Crippen LogP contribution in [0.1, 0.15) is 18.9 Å². The van der Waals surface area contributed by atoms with E-state index in [1.807, 2.05) is 61.5 Å². The van der Waals surface area contributed by atoms with Crippen LogP contribution in [0, 0.1) is 0 Å². The Morgan fingerprint density at radius 1 is 0.966 bits per heavy atom. The van der Waals surface area contributed by atoms with Gasteiger partial charge in [0.1, 0.15) is 12.1 Å². The second kappa shape index (κ2) is 7.39. The normalized spacial score (nSPS) is 18.7. The summed E-state index contributed by atoms with van der Waals surface area (Å²) in [6.45, 7) is 1.49. The van der Waals surface area contributed by atoms with Crippen molar-refractivity contribution >= 4 is 34.3 Å². The number of fused-ring (bicyclic) bond motifs is 1. The minimum Gasteiger partial charge on any atom is -0.324 e. The summed E-state index contributed by atoms with van der Waals surface area (Å²) in [6.07, 6.45) is 0.392. The molecule has 1 atom stereocenters. The van der Waals surface area contributed by atoms with Gasteiger partial charge in [-0.15, -0.1) is 0 Å². The Hall–Kier alpha value is -3.67. The number of nitrogens with zero attached hydrogens (tertiary/aromatic N) is 1. The molecule has 6 heteroatoms. The van der Waals surface area contributed by atoms with E-state index in [2.05, 4.69) is 10.6 Å². The molecule has 3 aromatic rings. The molecule has 0 unspecified atom stereocenters. The van der Waals surface area contributed by atoms with Gasteiger partial charge in [-0.05, 0) is 23.4 Å². The van der Waals surface area contributed by atoms with Crippen molar-refractivity contribution in [3.05, 3.63) is 78.4 Å². The topological polar surface area (TPSA) is 78.5 Å². The maximum atomic E-state index is 13.1. The van der Waals surface area contributed by atoms with Crippen LogP contribution in [0.5, 0.6) is 0 Å². The summed E-state index contributed by atoms with van der Waals surface area (Å²) < 4.78 is 0. The summed E-state index contributed by atoms with van der Waals surface area (Å²) in [5, 5.41) is 7.51. The number of rotatable bonds is 5. The van der Waals surface area contributed by atoms with Gasteiger partial charge in [0.2, 0.25) is 5.91 Å². The third kappa shape index (κ3) is 3.23. The van der Waals surface area contributed by atoms with Crippen molar-refractivity contribution in [2.75, 3.05) is 11.9 Å². The average molecular weight is 387 g/mol. The van der Waals surface area contributed by atoms with Crippen LogP contribution in [-0.2, 0) is 15.1 Å². The third-order valence-electron chi connectivity index (χ3n) is 5.34. The number of hydrogen-bond donors (Lipinski definition) is 2. The van der Waals surface area contributed by atoms with Crippen LogP contribution in [0.3, 0.4) is 0 Å². The molecule has 1 aliphatic heterocycles. The molecular formula is C23H21N3O3. The second-order valence-electron chi connectivity index (χ2n) is 7.02. The Bertz CT molecular complexity index is 1090. The Balaban J connectivity index is 1.55. The lowest BCUT2D eigenvalue weighted by atomic mass is 9.87. The predicted octanol–water partition coefficient (Wildman–Crippen LogP) is 3.64. The molecule has 0 saturated carbocycles. The van der Waals surface area contributed by atoms with E-state index in [0.717, 1.165) is 15.7 Å². The van der Waals surface area contributed by atoms with Crippen molar-refractivity contribution in [1.29, 1.82) is 0 Å². The van der Waals surface area contributed by atoms with Crippen LogP contribution in [0.25, 0.3) is 10.8 Å². The molecule has 4 amide bonds. The zero-order valence-electron chi connectivity index (χ0n) is 16.0. The number of carbonyl (C=O) groups excluding carboxylic acids is 3. The van der Waals surface area contributed by atoms with E-state index in [9.17, 15) is 14.4 Å². The molecule has 0 bridgehead atoms. The van der Waals surface area contributed by atoms with Gasteiger partial charge >= 0.3 is 6.03 Å². The average Bonchev–Trinajstić information content (AvgIpc) is 3.00. The number of nitrogens with one attached hydrogen (secondary N) is 2. The molecule has 1 fully saturated rings. The molecule has 1 saturated heterocycles. The second-order valence-corrected chi connectivity index (χ2v) is 7.02. The monoisotopic (exact) mass is 387 g/mol. The maximum Gasteiger partial charge on any atom is 0.325 e. The van der Waals surface area contributed by atoms with Crippen molar-refractivity contribution < 1.29 is 14.4 Å². The first-order valence-electron chi connectivity index (χ1n) is 9.52. The highest BCUT2D eigenvalue weighted by molar-refractivity contribution is 6.11. The molecule has 0 radical (unpaired) electrons. The first kappa shape index (κ1) is 18.7. The number of benzene rings is 3. The van der Waals surface area contributed by atoms with Gasteiger partial charge in [0.05, 0.1) is 0 Å². The number of amides is 4. The van der Waals surface area contributed by atoms with E-state index >= 15 is 0 Å². The lowest BCUT2D eigenvalue weighted by Crippen LogP contribution is -2.44. The fourth-order valence-corrected chi connectivity index (χ4v) is 3.80. The lowest BCUT2D eigenvalue weighted by molar-refractivity contribution is -0.134. The van der Waals surface area contributed by atoms with Crippen molar-refractivity contribution in [3.63, 3.8) is 0 Å². The highest BCUT2D eigenvalue weighted by Crippen LogP contribution is 2.32. The van der Waals surface area contributed by atoms with Gasteiger partial charge in [0, 0.05) is 11.1 Å². The van der Waals surface area contributed by atoms with E-state index in [1.165, 1.54) is 0 Å². The van der Waals surface area contributed by atoms with Gasteiger partial charge in [-0.2, -0.15) is 0 Å². The highest BCUT2D eigenvalue weighted by atomic mass is 16.2. The zero-order valence-corrected chi connectivity index (χ0v) is 16.0. The minimum atomic E-state index is -1.14. The van der Waals surface area contributed by atoms with Crippen molar-refractivity contribution in [1.82, 2.24) is 10.2 Å². The molecule has 1 heterocycles. The van der Waals surface area contributed by atoms with E-state index in [0.29, 0.717) is 17.7 Å². The van der Waals surface area contributed by atoms with Crippen LogP contribution in [-0.4, -0.2) is 29.3 Å². The van der Waals surface area contributed by atoms with Gasteiger partial charge in [-0.25, -0.2) is 4.79 Å². The molecule has 0 aromatic heterocycles. The molecule has 146 valence electrons. The number of urea groups is 1. The number of imide groups is 1. The maximum absolute atomic E-state index is 13.1. The SMILES string of the molecule is CC[C@]1(c2ccccc2)NC(=O)N(CC(=O)Nc2cccc3ccccc23)C1=O. The summed E-state index contributed by atoms with van der Waals surface area (Å²) in [6, 6.07) is 21.8. The van der Waals surface area contributed by atoms with Crippen molar-refractivity contribution in [2.45, 2.75) is 18.9 Å². The third-order valence-corrected chi connectivity index (χ3v) is 5.34. The summed E-state index contributed by atoms with van der Waals surface area (Å²) >= 11 is 0. The first-order chi connectivity index (χ1) is 14.0. The van der Waals surface area contributed by atoms with E-state index in [4.69, 9.17) is 0 Å². The molecule has 0 spiro atoms. The van der Waals surface area contributed by atoms with E-state index in [-0.39, 0.29) is 6.54 Å². The van der Waals surface area contributed by atoms with E-state index < -0.39 is 23.4 Å². The highest BCUT2D eigenvalue weighted by Gasteiger charge is 2.51. The summed E-state index contributed by atoms with van der Waals surface area (Å²) in [5.74, 6) is -0.839. The number of anilines is 1. The number of carbonyl (C=O) groups is 3. The Morgan fingerprint density at radius 3 is 2.41 bits per heavy atom. The quantitative estimate of drug-likeness (QED) is 0.656. The zero-order chi connectivity index (χ0) is 20.4. The molecule has 2 N–H and O–H groups in total. The number of hydrogen-bond acceptors (Lipinski definition) is 3. The summed E-state index contributed by atoms with van der Waals surface area (Å²) in [7, 11) is 0. The molecule has 1 aliphatic rings. The standard InChI is InChI=1S/C23H21N3O3/c1-2-23(17-11-4-3-5-12-17)21(28)26(22(29)25-23)15-20(27)24-19-14-8-10-16-9-6-7-13-18(16)19/h3-14H,2,15H2,1H3,(H,24,27)(H,25,29)/t23-/m1/s1. The fourth-order valence-electron chi connectivity index (χ4n) is 3.80. The van der Waals surface area contributed by atoms with Crippen molar-refractivity contribution in [2.24, 2.45) is 0 Å². The van der Waals surface area contributed by atoms with Gasteiger partial charge < -0.3 is 10.6 Å². The molecular weight excluding hydrogens is 366 g/mol. The van der Waals surface area contributed by atoms with Crippen LogP contribution in [0.15, 0.2) is 72.8 Å². The Kier molecular flexibility index (Phi) is 4.76. The van der Waals surface area contributed by atoms with Crippen LogP contribution in [0.4, 0.5) is 10.5 Å². The summed E-state index contributed by atoms with van der Waals surface area (Å²) in [5.41, 5.74) is 0.209. The van der Waals surface area contributed by atoms with Crippen LogP contribution in [0.2, 0.25) is 0 Å². The largest absolute Gasteiger partial charge is 0.325 e. The Morgan fingerprint density at radius 2 is 1.66 bits per heavy atom. The molecule has 3 aromatic carbocycles. The first-order valence-corrected chi connectivity index (χ1v) is 9.52. The lowest BCUT2D eigenvalue weighted by Gasteiger charge is -2.25. The van der Waals surface area contributed by atoms with E-state index in [1.54, 1.807) is 18.2 Å². The Labute approximate surface area is 168 Å². The van der Waals surface area contributed by atoms with Crippen LogP contribution >= 0.6 is 0 Å². The minimum absolute atomic E-state index is 0.345. The molecule has 4 rings (SSSR count). The molecule has 0 aliphatic carbocycles. The van der Waals surface area contributed by atoms with Crippen molar-refractivity contribution in [3.8, 4) is 0 Å². The summed E-state index contributed by atoms with van der Waals surface area (Å²) in [4.78, 5) is 39.3. The molecule has 29 heavy (non-hydrogen) atoms. The van der Waals surface area contributed by atoms with Gasteiger partial charge in [-0.3, -0.25) is 14.5 Å². The van der Waals surface area contributed by atoms with Gasteiger partial charge in [0.25, 0.3) is 5.91 Å². The van der Waals surface area contributed by atoms with Gasteiger partial charge in [-0.1, -0.05) is 73.7 Å². The van der Waals surface area contributed by atoms with Gasteiger partial charge in [0.15, 0.2) is 0 Å².